The molecule has 1 aromatic heterocycles. The molecule has 0 amide bonds. The van der Waals surface area contributed by atoms with E-state index >= 15 is 0 Å². The third kappa shape index (κ3) is 0.910. The molecule has 3 nitrogen and oxygen atoms in total. The highest BCUT2D eigenvalue weighted by Crippen LogP contribution is 2.02. The molecule has 0 fully saturated rings. The molecule has 0 aliphatic carbocycles. The van der Waals surface area contributed by atoms with Crippen LogP contribution in [0.25, 0.3) is 0 Å². The third-order valence-corrected chi connectivity index (χ3v) is 0.927. The average molecular weight is 129 g/mol. The topological polar surface area (TPSA) is 53.1 Å². The summed E-state index contributed by atoms with van der Waals surface area (Å²) >= 11 is 0. The molecule has 48 valence electrons. The van der Waals surface area contributed by atoms with E-state index in [4.69, 9.17) is 5.11 Å². The van der Waals surface area contributed by atoms with Gasteiger partial charge in [-0.25, -0.2) is 4.79 Å². The Balaban J connectivity index is 3.08. The fourth-order valence-corrected chi connectivity index (χ4v) is 0.514. The molecular weight excluding hydrogens is 125 g/mol. The number of hydrogen-bond acceptors (Lipinski definition) is 1. The van der Waals surface area contributed by atoms with Crippen LogP contribution in [0.5, 0.6) is 0 Å². The molecule has 0 saturated heterocycles. The largest absolute Gasteiger partial charge is 0.478 e. The van der Waals surface area contributed by atoms with Crippen LogP contribution in [-0.2, 0) is 0 Å². The summed E-state index contributed by atoms with van der Waals surface area (Å²) in [5.74, 6) is -2.06. The van der Waals surface area contributed by atoms with E-state index in [1.54, 1.807) is 0 Å². The van der Waals surface area contributed by atoms with Crippen molar-refractivity contribution in [3.05, 3.63) is 23.8 Å². The van der Waals surface area contributed by atoms with E-state index in [0.29, 0.717) is 0 Å². The van der Waals surface area contributed by atoms with Crippen LogP contribution in [0.2, 0.25) is 0 Å². The van der Waals surface area contributed by atoms with Crippen LogP contribution in [0, 0.1) is 5.95 Å². The smallest absolute Gasteiger partial charge is 0.340 e. The van der Waals surface area contributed by atoms with Gasteiger partial charge < -0.3 is 10.1 Å². The number of nitrogens with one attached hydrogen (secondary N) is 1. The van der Waals surface area contributed by atoms with E-state index < -0.39 is 11.9 Å². The molecule has 0 aliphatic heterocycles. The molecule has 0 atom stereocenters. The molecule has 1 aromatic rings. The molecule has 0 aromatic carbocycles. The van der Waals surface area contributed by atoms with Crippen molar-refractivity contribution in [2.75, 3.05) is 0 Å². The van der Waals surface area contributed by atoms with Gasteiger partial charge in [0.1, 0.15) is 5.56 Å². The standard InChI is InChI=1S/C5H4FNO2/c6-4-3(5(8)9)1-2-7-4/h1-2,7H,(H,8,9). The summed E-state index contributed by atoms with van der Waals surface area (Å²) in [4.78, 5) is 12.1. The van der Waals surface area contributed by atoms with Crippen LogP contribution in [0.4, 0.5) is 4.39 Å². The molecule has 0 aliphatic rings. The van der Waals surface area contributed by atoms with Crippen molar-refractivity contribution in [3.63, 3.8) is 0 Å². The van der Waals surface area contributed by atoms with Crippen LogP contribution in [0.15, 0.2) is 12.3 Å². The highest BCUT2D eigenvalue weighted by molar-refractivity contribution is 5.87. The minimum absolute atomic E-state index is 0.324. The van der Waals surface area contributed by atoms with Gasteiger partial charge in [0.05, 0.1) is 0 Å². The summed E-state index contributed by atoms with van der Waals surface area (Å²) in [6, 6.07) is 1.16. The molecule has 0 radical (unpaired) electrons. The van der Waals surface area contributed by atoms with Crippen molar-refractivity contribution in [1.82, 2.24) is 4.98 Å². The number of rotatable bonds is 1. The lowest BCUT2D eigenvalue weighted by atomic mass is 10.3. The number of hydrogen-bond donors (Lipinski definition) is 2. The van der Waals surface area contributed by atoms with Gasteiger partial charge in [-0.3, -0.25) is 0 Å². The van der Waals surface area contributed by atoms with Gasteiger partial charge in [0, 0.05) is 6.20 Å². The van der Waals surface area contributed by atoms with E-state index in [0.717, 1.165) is 6.07 Å². The van der Waals surface area contributed by atoms with Crippen LogP contribution in [-0.4, -0.2) is 16.1 Å². The Labute approximate surface area is 50.1 Å². The van der Waals surface area contributed by atoms with E-state index in [1.165, 1.54) is 6.20 Å². The van der Waals surface area contributed by atoms with Crippen molar-refractivity contribution in [1.29, 1.82) is 0 Å². The van der Waals surface area contributed by atoms with Crippen molar-refractivity contribution in [2.24, 2.45) is 0 Å². The summed E-state index contributed by atoms with van der Waals surface area (Å²) in [6.45, 7) is 0. The Morgan fingerprint density at radius 3 is 2.67 bits per heavy atom. The van der Waals surface area contributed by atoms with Crippen molar-refractivity contribution in [3.8, 4) is 0 Å². The van der Waals surface area contributed by atoms with Crippen LogP contribution in [0.1, 0.15) is 10.4 Å². The Bertz CT molecular complexity index is 231. The van der Waals surface area contributed by atoms with E-state index in [2.05, 4.69) is 4.98 Å². The fraction of sp³-hybridized carbons (Fsp3) is 0. The number of aromatic amines is 1. The maximum atomic E-state index is 12.2. The normalized spacial score (nSPS) is 9.44. The Kier molecular flexibility index (Phi) is 1.22. The van der Waals surface area contributed by atoms with Crippen molar-refractivity contribution in [2.45, 2.75) is 0 Å². The number of aromatic nitrogens is 1. The second-order valence-electron chi connectivity index (χ2n) is 1.51. The summed E-state index contributed by atoms with van der Waals surface area (Å²) < 4.78 is 12.2. The molecule has 2 N–H and O–H groups in total. The van der Waals surface area contributed by atoms with E-state index in [9.17, 15) is 9.18 Å². The number of aromatic carboxylic acids is 1. The lowest BCUT2D eigenvalue weighted by Crippen LogP contribution is -1.96. The first-order chi connectivity index (χ1) is 4.22. The van der Waals surface area contributed by atoms with Gasteiger partial charge in [0.25, 0.3) is 0 Å². The zero-order chi connectivity index (χ0) is 6.85. The van der Waals surface area contributed by atoms with Gasteiger partial charge >= 0.3 is 5.97 Å². The van der Waals surface area contributed by atoms with Gasteiger partial charge in [-0.15, -0.1) is 0 Å². The quantitative estimate of drug-likeness (QED) is 0.590. The maximum absolute atomic E-state index is 12.2. The number of carboxylic acids is 1. The summed E-state index contributed by atoms with van der Waals surface area (Å²) in [6.07, 6.45) is 1.23. The number of H-pyrrole nitrogens is 1. The Morgan fingerprint density at radius 2 is 2.44 bits per heavy atom. The van der Waals surface area contributed by atoms with Crippen molar-refractivity contribution < 1.29 is 14.3 Å². The molecule has 0 saturated carbocycles. The molecule has 0 bridgehead atoms. The van der Waals surface area contributed by atoms with Crippen LogP contribution in [0.3, 0.4) is 0 Å². The molecular formula is C5H4FNO2. The predicted octanol–water partition coefficient (Wildman–Crippen LogP) is 0.852. The lowest BCUT2D eigenvalue weighted by molar-refractivity contribution is 0.0692. The van der Waals surface area contributed by atoms with Crippen LogP contribution < -0.4 is 0 Å². The minimum atomic E-state index is -1.26. The predicted molar refractivity (Wildman–Crippen MR) is 27.7 cm³/mol. The zero-order valence-corrected chi connectivity index (χ0v) is 4.39. The van der Waals surface area contributed by atoms with E-state index in [-0.39, 0.29) is 5.56 Å². The highest BCUT2D eigenvalue weighted by Gasteiger charge is 2.08. The number of halogens is 1. The van der Waals surface area contributed by atoms with Gasteiger partial charge in [-0.2, -0.15) is 4.39 Å². The first-order valence-electron chi connectivity index (χ1n) is 2.28. The second kappa shape index (κ2) is 1.89. The van der Waals surface area contributed by atoms with Gasteiger partial charge in [0.2, 0.25) is 5.95 Å². The first kappa shape index (κ1) is 5.81. The van der Waals surface area contributed by atoms with Gasteiger partial charge in [-0.1, -0.05) is 0 Å². The molecule has 9 heavy (non-hydrogen) atoms. The lowest BCUT2D eigenvalue weighted by Gasteiger charge is -1.83. The minimum Gasteiger partial charge on any atom is -0.478 e. The molecule has 1 rings (SSSR count). The van der Waals surface area contributed by atoms with E-state index in [1.807, 2.05) is 0 Å². The SMILES string of the molecule is O=C(O)c1cc[nH]c1F. The first-order valence-corrected chi connectivity index (χ1v) is 2.28. The Hall–Kier alpha value is -1.32. The number of carbonyl (C=O) groups is 1. The third-order valence-electron chi connectivity index (χ3n) is 0.927. The Morgan fingerprint density at radius 1 is 1.78 bits per heavy atom. The van der Waals surface area contributed by atoms with Crippen LogP contribution >= 0.6 is 0 Å². The molecule has 1 heterocycles. The molecule has 0 spiro atoms. The molecule has 0 unspecified atom stereocenters. The van der Waals surface area contributed by atoms with Gasteiger partial charge in [0.15, 0.2) is 0 Å². The summed E-state index contributed by atoms with van der Waals surface area (Å²) in [5, 5.41) is 8.19. The average Bonchev–Trinajstić information content (AvgIpc) is 2.13. The summed E-state index contributed by atoms with van der Waals surface area (Å²) in [7, 11) is 0. The zero-order valence-electron chi connectivity index (χ0n) is 4.39. The highest BCUT2D eigenvalue weighted by atomic mass is 19.1. The number of carboxylic acid groups (broad SMARTS) is 1. The van der Waals surface area contributed by atoms with Gasteiger partial charge in [-0.05, 0) is 6.07 Å². The summed E-state index contributed by atoms with van der Waals surface area (Å²) in [5.41, 5.74) is -0.324. The second-order valence-corrected chi connectivity index (χ2v) is 1.51. The molecule has 4 heteroatoms. The fourth-order valence-electron chi connectivity index (χ4n) is 0.514. The monoisotopic (exact) mass is 129 g/mol. The van der Waals surface area contributed by atoms with Crippen molar-refractivity contribution >= 4 is 5.97 Å². The maximum Gasteiger partial charge on any atom is 0.340 e.